The fraction of sp³-hybridized carbons (Fsp3) is 0.316. The molecule has 0 bridgehead atoms. The van der Waals surface area contributed by atoms with Crippen molar-refractivity contribution >= 4 is 22.5 Å². The van der Waals surface area contributed by atoms with E-state index in [1.165, 1.54) is 11.3 Å². The van der Waals surface area contributed by atoms with Crippen molar-refractivity contribution in [2.75, 3.05) is 18.4 Å². The Labute approximate surface area is 165 Å². The molecular formula is C19H20N6O2S. The van der Waals surface area contributed by atoms with E-state index in [-0.39, 0.29) is 11.6 Å². The molecule has 1 N–H and O–H groups in total. The summed E-state index contributed by atoms with van der Waals surface area (Å²) in [4.78, 5) is 39.1. The minimum atomic E-state index is -0.118. The first-order valence-electron chi connectivity index (χ1n) is 9.11. The van der Waals surface area contributed by atoms with Crippen LogP contribution in [-0.4, -0.2) is 43.5 Å². The van der Waals surface area contributed by atoms with E-state index in [4.69, 9.17) is 0 Å². The highest BCUT2D eigenvalue weighted by atomic mass is 32.1. The number of amides is 2. The number of anilines is 1. The third kappa shape index (κ3) is 4.25. The molecule has 0 aliphatic carbocycles. The van der Waals surface area contributed by atoms with Gasteiger partial charge in [-0.2, -0.15) is 0 Å². The summed E-state index contributed by atoms with van der Waals surface area (Å²) in [5, 5.41) is 5.25. The molecule has 8 nitrogen and oxygen atoms in total. The Morgan fingerprint density at radius 1 is 1.25 bits per heavy atom. The standard InChI is InChI=1S/C19H20N6O2S/c26-17-10-16(15-2-1-5-20-11-15)22-13-25(17)12-14-3-7-24(8-4-14)19(27)23-18-21-6-9-28-18/h1-2,5-6,9-11,13-14H,3-4,7-8,12H2,(H,21,23,27). The molecule has 1 fully saturated rings. The largest absolute Gasteiger partial charge is 0.324 e. The summed E-state index contributed by atoms with van der Waals surface area (Å²) in [5.41, 5.74) is 1.38. The van der Waals surface area contributed by atoms with E-state index in [0.29, 0.717) is 36.4 Å². The number of carbonyl (C=O) groups is 1. The Balaban J connectivity index is 1.33. The molecule has 1 aliphatic rings. The van der Waals surface area contributed by atoms with E-state index in [9.17, 15) is 9.59 Å². The summed E-state index contributed by atoms with van der Waals surface area (Å²) < 4.78 is 1.65. The average Bonchev–Trinajstić information content (AvgIpc) is 3.24. The summed E-state index contributed by atoms with van der Waals surface area (Å²) in [6.45, 7) is 1.94. The topological polar surface area (TPSA) is 93.0 Å². The van der Waals surface area contributed by atoms with Crippen LogP contribution in [0.4, 0.5) is 9.93 Å². The zero-order valence-corrected chi connectivity index (χ0v) is 16.0. The molecule has 0 spiro atoms. The minimum Gasteiger partial charge on any atom is -0.324 e. The fourth-order valence-electron chi connectivity index (χ4n) is 3.29. The molecule has 0 unspecified atom stereocenters. The van der Waals surface area contributed by atoms with Gasteiger partial charge in [-0.25, -0.2) is 14.8 Å². The van der Waals surface area contributed by atoms with E-state index in [1.54, 1.807) is 40.5 Å². The van der Waals surface area contributed by atoms with Gasteiger partial charge in [-0.3, -0.25) is 19.7 Å². The summed E-state index contributed by atoms with van der Waals surface area (Å²) in [6, 6.07) is 5.13. The fourth-order valence-corrected chi connectivity index (χ4v) is 3.81. The van der Waals surface area contributed by atoms with Crippen LogP contribution in [0.25, 0.3) is 11.3 Å². The second-order valence-corrected chi connectivity index (χ2v) is 7.60. The maximum Gasteiger partial charge on any atom is 0.323 e. The predicted octanol–water partition coefficient (Wildman–Crippen LogP) is 2.71. The van der Waals surface area contributed by atoms with Crippen molar-refractivity contribution in [3.63, 3.8) is 0 Å². The first-order valence-corrected chi connectivity index (χ1v) is 9.99. The number of likely N-dealkylation sites (tertiary alicyclic amines) is 1. The van der Waals surface area contributed by atoms with Crippen LogP contribution in [0.5, 0.6) is 0 Å². The minimum absolute atomic E-state index is 0.0715. The Hall–Kier alpha value is -3.07. The molecular weight excluding hydrogens is 376 g/mol. The van der Waals surface area contributed by atoms with Crippen molar-refractivity contribution in [1.82, 2.24) is 24.4 Å². The van der Waals surface area contributed by atoms with Crippen molar-refractivity contribution < 1.29 is 4.79 Å². The Morgan fingerprint density at radius 3 is 2.79 bits per heavy atom. The maximum atomic E-state index is 12.5. The van der Waals surface area contributed by atoms with E-state index < -0.39 is 0 Å². The Bertz CT molecular complexity index is 981. The van der Waals surface area contributed by atoms with Crippen LogP contribution in [0.1, 0.15) is 12.8 Å². The number of nitrogens with zero attached hydrogens (tertiary/aromatic N) is 5. The molecule has 2 amide bonds. The summed E-state index contributed by atoms with van der Waals surface area (Å²) in [7, 11) is 0. The highest BCUT2D eigenvalue weighted by molar-refractivity contribution is 7.13. The smallest absolute Gasteiger partial charge is 0.323 e. The SMILES string of the molecule is O=C(Nc1nccs1)N1CCC(Cn2cnc(-c3cccnc3)cc2=O)CC1. The predicted molar refractivity (Wildman–Crippen MR) is 107 cm³/mol. The Kier molecular flexibility index (Phi) is 5.43. The summed E-state index contributed by atoms with van der Waals surface area (Å²) in [5.74, 6) is 0.340. The third-order valence-corrected chi connectivity index (χ3v) is 5.53. The lowest BCUT2D eigenvalue weighted by Crippen LogP contribution is -2.42. The molecule has 3 aromatic rings. The van der Waals surface area contributed by atoms with Crippen LogP contribution in [0.2, 0.25) is 0 Å². The molecule has 4 heterocycles. The van der Waals surface area contributed by atoms with Gasteiger partial charge in [0.2, 0.25) is 0 Å². The zero-order valence-electron chi connectivity index (χ0n) is 15.2. The van der Waals surface area contributed by atoms with Crippen LogP contribution in [-0.2, 0) is 6.54 Å². The van der Waals surface area contributed by atoms with Gasteiger partial charge in [0.1, 0.15) is 0 Å². The number of hydrogen-bond donors (Lipinski definition) is 1. The van der Waals surface area contributed by atoms with Crippen LogP contribution < -0.4 is 10.9 Å². The molecule has 28 heavy (non-hydrogen) atoms. The summed E-state index contributed by atoms with van der Waals surface area (Å²) >= 11 is 1.40. The first kappa shape index (κ1) is 18.3. The van der Waals surface area contributed by atoms with E-state index in [1.807, 2.05) is 17.5 Å². The van der Waals surface area contributed by atoms with Gasteiger partial charge in [0, 0.05) is 55.2 Å². The van der Waals surface area contributed by atoms with E-state index >= 15 is 0 Å². The molecule has 0 aromatic carbocycles. The van der Waals surface area contributed by atoms with Crippen LogP contribution in [0.15, 0.2) is 53.3 Å². The maximum absolute atomic E-state index is 12.5. The first-order chi connectivity index (χ1) is 13.7. The van der Waals surface area contributed by atoms with Gasteiger partial charge < -0.3 is 4.90 Å². The molecule has 0 radical (unpaired) electrons. The molecule has 0 saturated carbocycles. The molecule has 4 rings (SSSR count). The molecule has 0 atom stereocenters. The summed E-state index contributed by atoms with van der Waals surface area (Å²) in [6.07, 6.45) is 8.35. The van der Waals surface area contributed by atoms with Crippen molar-refractivity contribution in [3.05, 3.63) is 58.9 Å². The van der Waals surface area contributed by atoms with Crippen LogP contribution in [0, 0.1) is 5.92 Å². The highest BCUT2D eigenvalue weighted by Gasteiger charge is 2.23. The molecule has 144 valence electrons. The zero-order chi connectivity index (χ0) is 19.3. The van der Waals surface area contributed by atoms with Crippen LogP contribution in [0.3, 0.4) is 0 Å². The number of piperidine rings is 1. The number of carbonyl (C=O) groups excluding carboxylic acids is 1. The van der Waals surface area contributed by atoms with Crippen molar-refractivity contribution in [1.29, 1.82) is 0 Å². The lowest BCUT2D eigenvalue weighted by Gasteiger charge is -2.31. The Morgan fingerprint density at radius 2 is 2.11 bits per heavy atom. The molecule has 1 aliphatic heterocycles. The number of thiazole rings is 1. The number of pyridine rings is 1. The highest BCUT2D eigenvalue weighted by Crippen LogP contribution is 2.20. The molecule has 9 heteroatoms. The average molecular weight is 396 g/mol. The number of aromatic nitrogens is 4. The second-order valence-electron chi connectivity index (χ2n) is 6.70. The van der Waals surface area contributed by atoms with Crippen molar-refractivity contribution in [2.24, 2.45) is 5.92 Å². The van der Waals surface area contributed by atoms with Gasteiger partial charge in [0.15, 0.2) is 5.13 Å². The normalized spacial score (nSPS) is 14.8. The van der Waals surface area contributed by atoms with Gasteiger partial charge in [-0.15, -0.1) is 11.3 Å². The van der Waals surface area contributed by atoms with E-state index in [0.717, 1.165) is 18.4 Å². The molecule has 1 saturated heterocycles. The number of rotatable bonds is 4. The lowest BCUT2D eigenvalue weighted by atomic mass is 9.97. The van der Waals surface area contributed by atoms with Crippen molar-refractivity contribution in [3.8, 4) is 11.3 Å². The van der Waals surface area contributed by atoms with E-state index in [2.05, 4.69) is 20.3 Å². The van der Waals surface area contributed by atoms with Crippen molar-refractivity contribution in [2.45, 2.75) is 19.4 Å². The number of nitrogens with one attached hydrogen (secondary N) is 1. The van der Waals surface area contributed by atoms with Gasteiger partial charge in [0.05, 0.1) is 12.0 Å². The third-order valence-electron chi connectivity index (χ3n) is 4.84. The molecule has 3 aromatic heterocycles. The van der Waals surface area contributed by atoms with Gasteiger partial charge in [-0.1, -0.05) is 0 Å². The van der Waals surface area contributed by atoms with Gasteiger partial charge >= 0.3 is 6.03 Å². The van der Waals surface area contributed by atoms with Gasteiger partial charge in [0.25, 0.3) is 5.56 Å². The lowest BCUT2D eigenvalue weighted by molar-refractivity contribution is 0.176. The second kappa shape index (κ2) is 8.30. The monoisotopic (exact) mass is 396 g/mol. The van der Waals surface area contributed by atoms with Gasteiger partial charge in [-0.05, 0) is 30.9 Å². The number of urea groups is 1. The number of hydrogen-bond acceptors (Lipinski definition) is 6. The van der Waals surface area contributed by atoms with Crippen LogP contribution >= 0.6 is 11.3 Å². The quantitative estimate of drug-likeness (QED) is 0.732.